The third kappa shape index (κ3) is 5.95. The lowest BCUT2D eigenvalue weighted by Crippen LogP contribution is -2.25. The van der Waals surface area contributed by atoms with Gasteiger partial charge in [-0.1, -0.05) is 36.1 Å². The number of rotatable bonds is 6. The van der Waals surface area contributed by atoms with E-state index in [1.807, 2.05) is 0 Å². The topological polar surface area (TPSA) is 81.5 Å². The molecule has 2 aromatic carbocycles. The van der Waals surface area contributed by atoms with Crippen LogP contribution < -0.4 is 10.1 Å². The number of para-hydroxylation sites is 1. The van der Waals surface area contributed by atoms with Crippen molar-refractivity contribution in [3.05, 3.63) is 70.0 Å². The monoisotopic (exact) mass is 342 g/mol. The van der Waals surface area contributed by atoms with Gasteiger partial charge >= 0.3 is 0 Å². The van der Waals surface area contributed by atoms with Crippen LogP contribution >= 0.6 is 0 Å². The summed E-state index contributed by atoms with van der Waals surface area (Å²) in [6.07, 6.45) is 0.103. The highest BCUT2D eigenvalue weighted by atomic mass is 19.1. The SMILES string of the molecule is O=C(Cc1ccc([N+](=O)[O-])cc1)NCC#CCOc1ccccc1F. The quantitative estimate of drug-likeness (QED) is 0.497. The lowest BCUT2D eigenvalue weighted by atomic mass is 10.1. The number of amides is 1. The molecule has 25 heavy (non-hydrogen) atoms. The van der Waals surface area contributed by atoms with Crippen molar-refractivity contribution in [1.29, 1.82) is 0 Å². The van der Waals surface area contributed by atoms with Crippen molar-refractivity contribution < 1.29 is 18.8 Å². The van der Waals surface area contributed by atoms with Crippen LogP contribution in [0.3, 0.4) is 0 Å². The minimum absolute atomic E-state index is 0.0131. The maximum Gasteiger partial charge on any atom is 0.269 e. The highest BCUT2D eigenvalue weighted by molar-refractivity contribution is 5.78. The summed E-state index contributed by atoms with van der Waals surface area (Å²) in [5.74, 6) is 4.78. The fourth-order valence-corrected chi connectivity index (χ4v) is 1.92. The van der Waals surface area contributed by atoms with Crippen LogP contribution in [0, 0.1) is 27.8 Å². The summed E-state index contributed by atoms with van der Waals surface area (Å²) < 4.78 is 18.4. The molecule has 0 unspecified atom stereocenters. The zero-order chi connectivity index (χ0) is 18.1. The first kappa shape index (κ1) is 17.9. The Morgan fingerprint density at radius 1 is 1.16 bits per heavy atom. The Kier molecular flexibility index (Phi) is 6.48. The average Bonchev–Trinajstić information content (AvgIpc) is 2.60. The van der Waals surface area contributed by atoms with Gasteiger partial charge in [-0.25, -0.2) is 4.39 Å². The number of hydrogen-bond donors (Lipinski definition) is 1. The van der Waals surface area contributed by atoms with Gasteiger partial charge in [-0.15, -0.1) is 0 Å². The Morgan fingerprint density at radius 2 is 1.88 bits per heavy atom. The number of carbonyl (C=O) groups is 1. The molecule has 0 radical (unpaired) electrons. The first-order valence-electron chi connectivity index (χ1n) is 7.39. The second-order valence-electron chi connectivity index (χ2n) is 4.95. The Bertz CT molecular complexity index is 810. The number of hydrogen-bond acceptors (Lipinski definition) is 4. The van der Waals surface area contributed by atoms with Crippen molar-refractivity contribution in [3.8, 4) is 17.6 Å². The Hall–Kier alpha value is -3.40. The summed E-state index contributed by atoms with van der Waals surface area (Å²) in [7, 11) is 0. The molecule has 0 atom stereocenters. The van der Waals surface area contributed by atoms with Gasteiger partial charge in [-0.3, -0.25) is 14.9 Å². The van der Waals surface area contributed by atoms with E-state index in [2.05, 4.69) is 17.2 Å². The maximum atomic E-state index is 13.3. The number of nitrogens with one attached hydrogen (secondary N) is 1. The van der Waals surface area contributed by atoms with Crippen LogP contribution in [0.2, 0.25) is 0 Å². The van der Waals surface area contributed by atoms with Crippen molar-refractivity contribution in [1.82, 2.24) is 5.32 Å². The molecule has 0 heterocycles. The second kappa shape index (κ2) is 9.03. The molecule has 7 heteroatoms. The van der Waals surface area contributed by atoms with E-state index in [9.17, 15) is 19.3 Å². The van der Waals surface area contributed by atoms with E-state index in [4.69, 9.17) is 4.74 Å². The molecule has 0 aromatic heterocycles. The molecule has 1 N–H and O–H groups in total. The van der Waals surface area contributed by atoms with E-state index < -0.39 is 10.7 Å². The number of non-ortho nitro benzene ring substituents is 1. The zero-order valence-electron chi connectivity index (χ0n) is 13.2. The van der Waals surface area contributed by atoms with E-state index in [1.165, 1.54) is 36.4 Å². The molecule has 0 aliphatic carbocycles. The maximum absolute atomic E-state index is 13.3. The standard InChI is InChI=1S/C18H15FN2O4/c19-16-5-1-2-6-17(16)25-12-4-3-11-20-18(22)13-14-7-9-15(10-8-14)21(23)24/h1-2,5-10H,11-13H2,(H,20,22). The molecule has 1 amide bonds. The highest BCUT2D eigenvalue weighted by Crippen LogP contribution is 2.14. The summed E-state index contributed by atoms with van der Waals surface area (Å²) >= 11 is 0. The molecule has 6 nitrogen and oxygen atoms in total. The molecule has 0 spiro atoms. The first-order chi connectivity index (χ1) is 12.1. The van der Waals surface area contributed by atoms with Crippen LogP contribution in [-0.2, 0) is 11.2 Å². The van der Waals surface area contributed by atoms with E-state index >= 15 is 0 Å². The Balaban J connectivity index is 1.70. The van der Waals surface area contributed by atoms with Gasteiger partial charge < -0.3 is 10.1 Å². The van der Waals surface area contributed by atoms with Crippen molar-refractivity contribution in [3.63, 3.8) is 0 Å². The summed E-state index contributed by atoms with van der Waals surface area (Å²) in [5.41, 5.74) is 0.642. The largest absolute Gasteiger partial charge is 0.478 e. The lowest BCUT2D eigenvalue weighted by molar-refractivity contribution is -0.384. The first-order valence-corrected chi connectivity index (χ1v) is 7.39. The molecule has 2 aromatic rings. The number of nitro benzene ring substituents is 1. The van der Waals surface area contributed by atoms with E-state index in [-0.39, 0.29) is 36.9 Å². The Labute approximate surface area is 143 Å². The molecule has 0 saturated heterocycles. The van der Waals surface area contributed by atoms with Crippen LogP contribution in [0.1, 0.15) is 5.56 Å². The summed E-state index contributed by atoms with van der Waals surface area (Å²) in [6, 6.07) is 11.8. The molecular weight excluding hydrogens is 327 g/mol. The third-order valence-corrected chi connectivity index (χ3v) is 3.15. The van der Waals surface area contributed by atoms with E-state index in [1.54, 1.807) is 12.1 Å². The minimum atomic E-state index is -0.497. The number of halogens is 1. The van der Waals surface area contributed by atoms with Crippen molar-refractivity contribution in [2.24, 2.45) is 0 Å². The van der Waals surface area contributed by atoms with Crippen LogP contribution in [0.15, 0.2) is 48.5 Å². The fraction of sp³-hybridized carbons (Fsp3) is 0.167. The predicted molar refractivity (Wildman–Crippen MR) is 89.5 cm³/mol. The van der Waals surface area contributed by atoms with Crippen LogP contribution in [0.25, 0.3) is 0 Å². The molecule has 0 aliphatic rings. The summed E-state index contributed by atoms with van der Waals surface area (Å²) in [6.45, 7) is 0.144. The van der Waals surface area contributed by atoms with Crippen molar-refractivity contribution in [2.75, 3.05) is 13.2 Å². The molecule has 0 bridgehead atoms. The van der Waals surface area contributed by atoms with Crippen LogP contribution in [0.4, 0.5) is 10.1 Å². The van der Waals surface area contributed by atoms with E-state index in [0.717, 1.165) is 0 Å². The van der Waals surface area contributed by atoms with Gasteiger partial charge in [0.2, 0.25) is 5.91 Å². The van der Waals surface area contributed by atoms with Gasteiger partial charge in [0, 0.05) is 12.1 Å². The zero-order valence-corrected chi connectivity index (χ0v) is 13.2. The predicted octanol–water partition coefficient (Wildman–Crippen LogP) is 2.48. The van der Waals surface area contributed by atoms with Gasteiger partial charge in [-0.2, -0.15) is 0 Å². The second-order valence-corrected chi connectivity index (χ2v) is 4.95. The van der Waals surface area contributed by atoms with Crippen LogP contribution in [0.5, 0.6) is 5.75 Å². The summed E-state index contributed by atoms with van der Waals surface area (Å²) in [5, 5.41) is 13.2. The fourth-order valence-electron chi connectivity index (χ4n) is 1.92. The van der Waals surface area contributed by atoms with Crippen LogP contribution in [-0.4, -0.2) is 24.0 Å². The number of carbonyl (C=O) groups excluding carboxylic acids is 1. The molecule has 128 valence electrons. The number of benzene rings is 2. The van der Waals surface area contributed by atoms with E-state index in [0.29, 0.717) is 5.56 Å². The molecule has 0 aliphatic heterocycles. The van der Waals surface area contributed by atoms with Gasteiger partial charge in [0.05, 0.1) is 17.9 Å². The smallest absolute Gasteiger partial charge is 0.269 e. The normalized spacial score (nSPS) is 9.64. The number of ether oxygens (including phenoxy) is 1. The number of nitro groups is 1. The number of nitrogens with zero attached hydrogens (tertiary/aromatic N) is 1. The summed E-state index contributed by atoms with van der Waals surface area (Å²) in [4.78, 5) is 21.8. The highest BCUT2D eigenvalue weighted by Gasteiger charge is 2.06. The Morgan fingerprint density at radius 3 is 2.56 bits per heavy atom. The molecular formula is C18H15FN2O4. The minimum Gasteiger partial charge on any atom is -0.478 e. The molecule has 2 rings (SSSR count). The van der Waals surface area contributed by atoms with Gasteiger partial charge in [0.15, 0.2) is 11.6 Å². The lowest BCUT2D eigenvalue weighted by Gasteiger charge is -2.02. The average molecular weight is 342 g/mol. The molecule has 0 saturated carbocycles. The van der Waals surface area contributed by atoms with Gasteiger partial charge in [0.1, 0.15) is 6.61 Å². The van der Waals surface area contributed by atoms with Crippen molar-refractivity contribution in [2.45, 2.75) is 6.42 Å². The van der Waals surface area contributed by atoms with Crippen molar-refractivity contribution >= 4 is 11.6 Å². The molecule has 0 fully saturated rings. The third-order valence-electron chi connectivity index (χ3n) is 3.15. The van der Waals surface area contributed by atoms with Gasteiger partial charge in [0.25, 0.3) is 5.69 Å². The van der Waals surface area contributed by atoms with Gasteiger partial charge in [-0.05, 0) is 17.7 Å².